The van der Waals surface area contributed by atoms with E-state index in [-0.39, 0.29) is 18.4 Å². The molecule has 8 heteroatoms. The largest absolute Gasteiger partial charge is 0.347 e. The molecule has 1 heterocycles. The summed E-state index contributed by atoms with van der Waals surface area (Å²) in [5.41, 5.74) is 6.18. The molecule has 1 aromatic heterocycles. The zero-order valence-corrected chi connectivity index (χ0v) is 15.4. The molecular weight excluding hydrogens is 374 g/mol. The Hall–Kier alpha value is -2.19. The quantitative estimate of drug-likeness (QED) is 0.805. The summed E-state index contributed by atoms with van der Waals surface area (Å²) in [5, 5.41) is 6.80. The molecule has 24 heavy (non-hydrogen) atoms. The maximum absolute atomic E-state index is 12.5. The van der Waals surface area contributed by atoms with Crippen LogP contribution in [-0.2, 0) is 21.7 Å². The van der Waals surface area contributed by atoms with E-state index in [4.69, 9.17) is 5.73 Å². The second-order valence-corrected chi connectivity index (χ2v) is 6.79. The molecular formula is C16H20BrN5O2. The van der Waals surface area contributed by atoms with Crippen LogP contribution in [0.1, 0.15) is 12.5 Å². The first-order valence-corrected chi connectivity index (χ1v) is 8.08. The van der Waals surface area contributed by atoms with E-state index < -0.39 is 5.54 Å². The molecule has 0 aliphatic carbocycles. The van der Waals surface area contributed by atoms with Gasteiger partial charge in [-0.25, -0.2) is 0 Å². The fourth-order valence-corrected chi connectivity index (χ4v) is 2.25. The highest BCUT2D eigenvalue weighted by atomic mass is 79.9. The van der Waals surface area contributed by atoms with Crippen molar-refractivity contribution in [1.82, 2.24) is 14.7 Å². The number of nitrogens with zero attached hydrogens (tertiary/aromatic N) is 3. The molecule has 128 valence electrons. The van der Waals surface area contributed by atoms with Gasteiger partial charge in [0.2, 0.25) is 11.8 Å². The average Bonchev–Trinajstić information content (AvgIpc) is 2.94. The van der Waals surface area contributed by atoms with Crippen molar-refractivity contribution in [3.05, 3.63) is 46.7 Å². The van der Waals surface area contributed by atoms with Gasteiger partial charge < -0.3 is 16.0 Å². The maximum atomic E-state index is 12.5. The van der Waals surface area contributed by atoms with Crippen molar-refractivity contribution in [3.8, 4) is 0 Å². The van der Waals surface area contributed by atoms with Gasteiger partial charge >= 0.3 is 0 Å². The van der Waals surface area contributed by atoms with Crippen molar-refractivity contribution < 1.29 is 9.59 Å². The Balaban J connectivity index is 2.07. The summed E-state index contributed by atoms with van der Waals surface area (Å²) in [6.07, 6.45) is 3.08. The molecule has 0 aliphatic heterocycles. The van der Waals surface area contributed by atoms with Crippen LogP contribution in [0.3, 0.4) is 0 Å². The Morgan fingerprint density at radius 2 is 1.96 bits per heavy atom. The topological polar surface area (TPSA) is 93.2 Å². The minimum absolute atomic E-state index is 0.0884. The fraction of sp³-hybridized carbons (Fsp3) is 0.312. The third kappa shape index (κ3) is 4.21. The highest BCUT2D eigenvalue weighted by Crippen LogP contribution is 2.22. The summed E-state index contributed by atoms with van der Waals surface area (Å²) >= 11 is 3.35. The van der Waals surface area contributed by atoms with Crippen LogP contribution in [0, 0.1) is 0 Å². The van der Waals surface area contributed by atoms with Gasteiger partial charge in [-0.15, -0.1) is 0 Å². The monoisotopic (exact) mass is 393 g/mol. The van der Waals surface area contributed by atoms with Crippen LogP contribution in [-0.4, -0.2) is 40.6 Å². The van der Waals surface area contributed by atoms with Crippen molar-refractivity contribution in [1.29, 1.82) is 0 Å². The molecule has 1 unspecified atom stereocenters. The first-order chi connectivity index (χ1) is 11.2. The first kappa shape index (κ1) is 18.2. The van der Waals surface area contributed by atoms with Crippen LogP contribution in [0.4, 0.5) is 5.69 Å². The second kappa shape index (κ2) is 7.14. The predicted molar refractivity (Wildman–Crippen MR) is 95.2 cm³/mol. The number of hydrogen-bond donors (Lipinski definition) is 2. The molecule has 0 saturated heterocycles. The Kier molecular flexibility index (Phi) is 5.40. The Morgan fingerprint density at radius 3 is 2.54 bits per heavy atom. The van der Waals surface area contributed by atoms with Gasteiger partial charge in [0, 0.05) is 24.8 Å². The van der Waals surface area contributed by atoms with Crippen LogP contribution in [0.25, 0.3) is 0 Å². The number of likely N-dealkylation sites (N-methyl/N-ethyl adjacent to an activating group) is 1. The van der Waals surface area contributed by atoms with Crippen molar-refractivity contribution >= 4 is 33.4 Å². The van der Waals surface area contributed by atoms with Gasteiger partial charge in [-0.05, 0) is 24.6 Å². The maximum Gasteiger partial charge on any atom is 0.248 e. The molecule has 3 N–H and O–H groups in total. The summed E-state index contributed by atoms with van der Waals surface area (Å²) in [6.45, 7) is 1.75. The molecule has 2 rings (SSSR count). The molecule has 0 fully saturated rings. The number of benzene rings is 1. The van der Waals surface area contributed by atoms with Crippen molar-refractivity contribution in [2.75, 3.05) is 19.4 Å². The molecule has 0 bridgehead atoms. The average molecular weight is 394 g/mol. The van der Waals surface area contributed by atoms with Crippen LogP contribution in [0.2, 0.25) is 0 Å². The lowest BCUT2D eigenvalue weighted by Gasteiger charge is -2.23. The van der Waals surface area contributed by atoms with Crippen LogP contribution >= 0.6 is 15.9 Å². The number of nitrogens with one attached hydrogen (secondary N) is 1. The number of rotatable bonds is 5. The van der Waals surface area contributed by atoms with Crippen molar-refractivity contribution in [3.63, 3.8) is 0 Å². The SMILES string of the molecule is CN(C)C(=O)Cn1cc(NC(=O)C(C)(N)c2ccc(Br)cc2)cn1. The fourth-order valence-electron chi connectivity index (χ4n) is 1.98. The standard InChI is InChI=1S/C16H20BrN5O2/c1-16(18,11-4-6-12(17)7-5-11)15(24)20-13-8-19-22(9-13)10-14(23)21(2)3/h4-9H,10,18H2,1-3H3,(H,20,24). The lowest BCUT2D eigenvalue weighted by Crippen LogP contribution is -2.45. The highest BCUT2D eigenvalue weighted by molar-refractivity contribution is 9.10. The van der Waals surface area contributed by atoms with Crippen molar-refractivity contribution in [2.24, 2.45) is 5.73 Å². The molecule has 1 aromatic carbocycles. The van der Waals surface area contributed by atoms with Crippen LogP contribution < -0.4 is 11.1 Å². The van der Waals surface area contributed by atoms with Gasteiger partial charge in [0.25, 0.3) is 0 Å². The highest BCUT2D eigenvalue weighted by Gasteiger charge is 2.30. The van der Waals surface area contributed by atoms with Crippen LogP contribution in [0.15, 0.2) is 41.1 Å². The molecule has 2 aromatic rings. The number of anilines is 1. The zero-order valence-electron chi connectivity index (χ0n) is 13.8. The molecule has 2 amide bonds. The summed E-state index contributed by atoms with van der Waals surface area (Å²) in [6, 6.07) is 7.25. The van der Waals surface area contributed by atoms with Gasteiger partial charge in [0.1, 0.15) is 12.1 Å². The smallest absolute Gasteiger partial charge is 0.248 e. The van der Waals surface area contributed by atoms with Gasteiger partial charge in [0.15, 0.2) is 0 Å². The zero-order chi connectivity index (χ0) is 17.9. The number of halogens is 1. The van der Waals surface area contributed by atoms with Crippen molar-refractivity contribution in [2.45, 2.75) is 19.0 Å². The molecule has 1 atom stereocenters. The predicted octanol–water partition coefficient (Wildman–Crippen LogP) is 1.55. The number of aromatic nitrogens is 2. The van der Waals surface area contributed by atoms with Gasteiger partial charge in [-0.1, -0.05) is 28.1 Å². The van der Waals surface area contributed by atoms with E-state index in [1.165, 1.54) is 15.8 Å². The lowest BCUT2D eigenvalue weighted by molar-refractivity contribution is -0.129. The molecule has 0 spiro atoms. The normalized spacial score (nSPS) is 13.2. The number of nitrogens with two attached hydrogens (primary N) is 1. The summed E-state index contributed by atoms with van der Waals surface area (Å²) in [7, 11) is 3.35. The van der Waals surface area contributed by atoms with E-state index in [0.29, 0.717) is 11.3 Å². The number of carbonyl (C=O) groups excluding carboxylic acids is 2. The van der Waals surface area contributed by atoms with E-state index in [1.807, 2.05) is 12.1 Å². The Morgan fingerprint density at radius 1 is 1.33 bits per heavy atom. The minimum Gasteiger partial charge on any atom is -0.347 e. The third-order valence-corrected chi connectivity index (χ3v) is 4.13. The van der Waals surface area contributed by atoms with Gasteiger partial charge in [0.05, 0.1) is 11.9 Å². The molecule has 0 radical (unpaired) electrons. The lowest BCUT2D eigenvalue weighted by atomic mass is 9.92. The summed E-state index contributed by atoms with van der Waals surface area (Å²) in [4.78, 5) is 25.6. The molecule has 0 saturated carbocycles. The minimum atomic E-state index is -1.19. The summed E-state index contributed by atoms with van der Waals surface area (Å²) < 4.78 is 2.38. The van der Waals surface area contributed by atoms with E-state index in [1.54, 1.807) is 39.3 Å². The number of amides is 2. The number of hydrogen-bond acceptors (Lipinski definition) is 4. The van der Waals surface area contributed by atoms with E-state index >= 15 is 0 Å². The number of carbonyl (C=O) groups is 2. The van der Waals surface area contributed by atoms with Gasteiger partial charge in [-0.3, -0.25) is 14.3 Å². The van der Waals surface area contributed by atoms with E-state index in [0.717, 1.165) is 4.47 Å². The Labute approximate surface area is 148 Å². The Bertz CT molecular complexity index is 737. The molecule has 7 nitrogen and oxygen atoms in total. The van der Waals surface area contributed by atoms with Crippen LogP contribution in [0.5, 0.6) is 0 Å². The second-order valence-electron chi connectivity index (χ2n) is 5.88. The van der Waals surface area contributed by atoms with E-state index in [2.05, 4.69) is 26.3 Å². The van der Waals surface area contributed by atoms with Gasteiger partial charge in [-0.2, -0.15) is 5.10 Å². The first-order valence-electron chi connectivity index (χ1n) is 7.29. The molecule has 0 aliphatic rings. The van der Waals surface area contributed by atoms with E-state index in [9.17, 15) is 9.59 Å². The summed E-state index contributed by atoms with van der Waals surface area (Å²) in [5.74, 6) is -0.446. The third-order valence-electron chi connectivity index (χ3n) is 3.60.